The molecule has 2 N–H and O–H groups in total. The lowest BCUT2D eigenvalue weighted by molar-refractivity contribution is 0.376. The first-order valence-corrected chi connectivity index (χ1v) is 3.04. The van der Waals surface area contributed by atoms with Crippen molar-refractivity contribution in [1.82, 2.24) is 0 Å². The maximum atomic E-state index is 9.09. The summed E-state index contributed by atoms with van der Waals surface area (Å²) in [7, 11) is 0. The second kappa shape index (κ2) is 2.96. The third-order valence-corrected chi connectivity index (χ3v) is 1.17. The average Bonchev–Trinajstić information content (AvgIpc) is 1.97. The lowest BCUT2D eigenvalue weighted by Crippen LogP contribution is -1.81. The maximum absolute atomic E-state index is 9.09. The van der Waals surface area contributed by atoms with Crippen molar-refractivity contribution in [3.05, 3.63) is 31.0 Å². The van der Waals surface area contributed by atoms with E-state index < -0.39 is 0 Å². The topological polar surface area (TPSA) is 49.7 Å². The highest BCUT2D eigenvalue weighted by Crippen LogP contribution is 2.34. The number of hydrogen-bond donors (Lipinski definition) is 2. The Morgan fingerprint density at radius 3 is 2.27 bits per heavy atom. The zero-order valence-corrected chi connectivity index (χ0v) is 5.82. The van der Waals surface area contributed by atoms with Gasteiger partial charge in [0.25, 0.3) is 0 Å². The summed E-state index contributed by atoms with van der Waals surface area (Å²) in [5.41, 5.74) is 0. The molecule has 0 radical (unpaired) electrons. The highest BCUT2D eigenvalue weighted by molar-refractivity contribution is 5.49. The van der Waals surface area contributed by atoms with Crippen LogP contribution in [0.15, 0.2) is 31.0 Å². The molecule has 0 unspecified atom stereocenters. The van der Waals surface area contributed by atoms with E-state index in [4.69, 9.17) is 14.9 Å². The number of rotatable bonds is 2. The van der Waals surface area contributed by atoms with Crippen molar-refractivity contribution in [2.24, 2.45) is 0 Å². The fraction of sp³-hybridized carbons (Fsp3) is 0. The van der Waals surface area contributed by atoms with Crippen LogP contribution in [0.25, 0.3) is 0 Å². The first kappa shape index (κ1) is 7.47. The van der Waals surface area contributed by atoms with Gasteiger partial charge in [-0.25, -0.2) is 0 Å². The van der Waals surface area contributed by atoms with Gasteiger partial charge in [-0.3, -0.25) is 0 Å². The Labute approximate surface area is 64.2 Å². The summed E-state index contributed by atoms with van der Waals surface area (Å²) in [5, 5.41) is 18.2. The molecule has 3 heteroatoms. The van der Waals surface area contributed by atoms with Crippen LogP contribution in [0, 0.1) is 0 Å². The molecule has 0 fully saturated rings. The van der Waals surface area contributed by atoms with Crippen molar-refractivity contribution in [2.75, 3.05) is 0 Å². The monoisotopic (exact) mass is 152 g/mol. The smallest absolute Gasteiger partial charge is 0.209 e. The van der Waals surface area contributed by atoms with Crippen molar-refractivity contribution < 1.29 is 14.9 Å². The lowest BCUT2D eigenvalue weighted by Gasteiger charge is -2.03. The van der Waals surface area contributed by atoms with Crippen LogP contribution in [-0.4, -0.2) is 10.2 Å². The molecule has 0 heterocycles. The first-order valence-electron chi connectivity index (χ1n) is 3.04. The quantitative estimate of drug-likeness (QED) is 0.633. The van der Waals surface area contributed by atoms with Gasteiger partial charge in [0, 0.05) is 0 Å². The number of benzene rings is 1. The van der Waals surface area contributed by atoms with E-state index in [9.17, 15) is 0 Å². The molecule has 0 amide bonds. The van der Waals surface area contributed by atoms with Crippen LogP contribution < -0.4 is 4.74 Å². The Balaban J connectivity index is 3.09. The molecule has 0 aliphatic rings. The van der Waals surface area contributed by atoms with Gasteiger partial charge >= 0.3 is 0 Å². The molecule has 0 aliphatic heterocycles. The standard InChI is InChI=1S/C8H8O3/c1-2-11-8-6(9)4-3-5-7(8)10/h2-5,9-10H,1H2. The van der Waals surface area contributed by atoms with Crippen LogP contribution in [0.3, 0.4) is 0 Å². The fourth-order valence-corrected chi connectivity index (χ4v) is 0.717. The van der Waals surface area contributed by atoms with E-state index in [1.54, 1.807) is 0 Å². The summed E-state index contributed by atoms with van der Waals surface area (Å²) in [5.74, 6) is -0.183. The molecule has 11 heavy (non-hydrogen) atoms. The number of aromatic hydroxyl groups is 2. The van der Waals surface area contributed by atoms with Crippen molar-refractivity contribution in [3.8, 4) is 17.2 Å². The first-order chi connectivity index (χ1) is 5.25. The second-order valence-electron chi connectivity index (χ2n) is 1.91. The Morgan fingerprint density at radius 1 is 1.27 bits per heavy atom. The number of hydrogen-bond acceptors (Lipinski definition) is 3. The molecule has 0 saturated carbocycles. The minimum absolute atomic E-state index is 0.0301. The molecule has 0 spiro atoms. The summed E-state index contributed by atoms with van der Waals surface area (Å²) in [6.45, 7) is 3.29. The molecule has 1 aromatic carbocycles. The van der Waals surface area contributed by atoms with Crippen molar-refractivity contribution in [3.63, 3.8) is 0 Å². The van der Waals surface area contributed by atoms with Gasteiger partial charge in [0.15, 0.2) is 11.5 Å². The van der Waals surface area contributed by atoms with Crippen LogP contribution in [0.1, 0.15) is 0 Å². The number of phenols is 2. The maximum Gasteiger partial charge on any atom is 0.209 e. The molecule has 1 rings (SSSR count). The number of ether oxygens (including phenoxy) is 1. The molecule has 0 atom stereocenters. The second-order valence-corrected chi connectivity index (χ2v) is 1.91. The zero-order valence-electron chi connectivity index (χ0n) is 5.82. The van der Waals surface area contributed by atoms with Gasteiger partial charge in [-0.05, 0) is 12.1 Å². The Morgan fingerprint density at radius 2 is 1.82 bits per heavy atom. The van der Waals surface area contributed by atoms with E-state index in [0.717, 1.165) is 6.26 Å². The molecule has 0 aliphatic carbocycles. The SMILES string of the molecule is C=COc1c(O)cccc1O. The van der Waals surface area contributed by atoms with Crippen LogP contribution in [-0.2, 0) is 0 Å². The summed E-state index contributed by atoms with van der Waals surface area (Å²) < 4.78 is 4.73. The molecule has 0 bridgehead atoms. The Hall–Kier alpha value is -1.64. The minimum atomic E-state index is -0.107. The molecule has 3 nitrogen and oxygen atoms in total. The summed E-state index contributed by atoms with van der Waals surface area (Å²) in [6, 6.07) is 4.34. The molecule has 0 saturated heterocycles. The van der Waals surface area contributed by atoms with Crippen molar-refractivity contribution in [1.29, 1.82) is 0 Å². The van der Waals surface area contributed by atoms with Crippen LogP contribution in [0.4, 0.5) is 0 Å². The van der Waals surface area contributed by atoms with Crippen LogP contribution in [0.5, 0.6) is 17.2 Å². The fourth-order valence-electron chi connectivity index (χ4n) is 0.717. The van der Waals surface area contributed by atoms with Crippen LogP contribution in [0.2, 0.25) is 0 Å². The van der Waals surface area contributed by atoms with Gasteiger partial charge in [-0.2, -0.15) is 0 Å². The van der Waals surface area contributed by atoms with Gasteiger partial charge in [-0.15, -0.1) is 0 Å². The third-order valence-electron chi connectivity index (χ3n) is 1.17. The molecule has 1 aromatic rings. The summed E-state index contributed by atoms with van der Waals surface area (Å²) >= 11 is 0. The van der Waals surface area contributed by atoms with Gasteiger partial charge in [0.05, 0.1) is 6.26 Å². The van der Waals surface area contributed by atoms with E-state index >= 15 is 0 Å². The lowest BCUT2D eigenvalue weighted by atomic mass is 10.3. The van der Waals surface area contributed by atoms with Crippen molar-refractivity contribution in [2.45, 2.75) is 0 Å². The van der Waals surface area contributed by atoms with E-state index in [2.05, 4.69) is 6.58 Å². The normalized spacial score (nSPS) is 9.09. The number of phenolic OH excluding ortho intramolecular Hbond substituents is 2. The van der Waals surface area contributed by atoms with Crippen molar-refractivity contribution >= 4 is 0 Å². The minimum Gasteiger partial charge on any atom is -0.504 e. The molecule has 58 valence electrons. The largest absolute Gasteiger partial charge is 0.504 e. The van der Waals surface area contributed by atoms with Gasteiger partial charge < -0.3 is 14.9 Å². The van der Waals surface area contributed by atoms with E-state index in [0.29, 0.717) is 0 Å². The zero-order chi connectivity index (χ0) is 8.27. The molecule has 0 aromatic heterocycles. The highest BCUT2D eigenvalue weighted by Gasteiger charge is 2.05. The highest BCUT2D eigenvalue weighted by atomic mass is 16.5. The Bertz CT molecular complexity index is 248. The van der Waals surface area contributed by atoms with E-state index in [1.807, 2.05) is 0 Å². The van der Waals surface area contributed by atoms with Gasteiger partial charge in [0.1, 0.15) is 0 Å². The summed E-state index contributed by atoms with van der Waals surface area (Å²) in [6.07, 6.45) is 1.13. The van der Waals surface area contributed by atoms with Gasteiger partial charge in [-0.1, -0.05) is 12.6 Å². The number of para-hydroxylation sites is 1. The van der Waals surface area contributed by atoms with Crippen LogP contribution >= 0.6 is 0 Å². The Kier molecular flexibility index (Phi) is 2.01. The van der Waals surface area contributed by atoms with E-state index in [1.165, 1.54) is 18.2 Å². The predicted octanol–water partition coefficient (Wildman–Crippen LogP) is 1.62. The molecular weight excluding hydrogens is 144 g/mol. The average molecular weight is 152 g/mol. The van der Waals surface area contributed by atoms with E-state index in [-0.39, 0.29) is 17.2 Å². The van der Waals surface area contributed by atoms with Gasteiger partial charge in [0.2, 0.25) is 5.75 Å². The predicted molar refractivity (Wildman–Crippen MR) is 40.6 cm³/mol. The molecular formula is C8H8O3. The third kappa shape index (κ3) is 1.43. The summed E-state index contributed by atoms with van der Waals surface area (Å²) in [4.78, 5) is 0.